The van der Waals surface area contributed by atoms with Crippen LogP contribution in [0.25, 0.3) is 0 Å². The van der Waals surface area contributed by atoms with Gasteiger partial charge in [-0.3, -0.25) is 43.5 Å². The van der Waals surface area contributed by atoms with Crippen molar-refractivity contribution in [3.05, 3.63) is 0 Å². The van der Waals surface area contributed by atoms with Crippen LogP contribution in [0.3, 0.4) is 0 Å². The number of aliphatic imine (C=N–C) groups is 2. The molecular weight excluding hydrogens is 775 g/mol. The molecule has 0 aromatic carbocycles. The molecule has 2 aliphatic heterocycles. The van der Waals surface area contributed by atoms with Gasteiger partial charge < -0.3 is 32.1 Å². The Morgan fingerprint density at radius 1 is 0.807 bits per heavy atom. The summed E-state index contributed by atoms with van der Waals surface area (Å²) in [5.74, 6) is -3.72. The summed E-state index contributed by atoms with van der Waals surface area (Å²) < 4.78 is 0. The van der Waals surface area contributed by atoms with Crippen LogP contribution in [0.4, 0.5) is 0 Å². The zero-order valence-corrected chi connectivity index (χ0v) is 35.0. The Balaban J connectivity index is 1.30. The van der Waals surface area contributed by atoms with Crippen molar-refractivity contribution >= 4 is 80.7 Å². The number of unbranched alkanes of at least 4 members (excludes halogenated alkanes) is 10. The maximum Gasteiger partial charge on any atom is 0.329 e. The van der Waals surface area contributed by atoms with Crippen LogP contribution in [0.2, 0.25) is 0 Å². The van der Waals surface area contributed by atoms with Crippen LogP contribution < -0.4 is 27.0 Å². The Bertz CT molecular complexity index is 1520. The molecule has 2 unspecified atom stereocenters. The fourth-order valence-corrected chi connectivity index (χ4v) is 8.64. The number of thioether (sulfide) groups is 2. The smallest absolute Gasteiger partial charge is 0.329 e. The number of Topliss-reactive ketones (excluding diaryl/α,β-unsaturated/α-hetero) is 2. The molecule has 0 aromatic heterocycles. The number of nitrogens with one attached hydrogen (secondary N) is 4. The third-order valence-corrected chi connectivity index (χ3v) is 12.3. The number of nitrogens with two attached hydrogens (primary N) is 1. The fourth-order valence-electron chi connectivity index (χ4n) is 6.50. The summed E-state index contributed by atoms with van der Waals surface area (Å²) in [4.78, 5) is 108. The predicted octanol–water partition coefficient (Wildman–Crippen LogP) is 3.13. The molecule has 7 N–H and O–H groups in total. The first-order valence-electron chi connectivity index (χ1n) is 20.3. The van der Waals surface area contributed by atoms with E-state index in [4.69, 9.17) is 10.8 Å². The van der Waals surface area contributed by atoms with Gasteiger partial charge in [-0.05, 0) is 32.6 Å². The fraction of sp³-hybridized carbons (Fsp3) is 0.744. The molecule has 3 rings (SSSR count). The number of carboxylic acids is 1. The van der Waals surface area contributed by atoms with E-state index >= 15 is 0 Å². The van der Waals surface area contributed by atoms with Gasteiger partial charge in [-0.25, -0.2) is 4.79 Å². The zero-order valence-electron chi connectivity index (χ0n) is 33.4. The van der Waals surface area contributed by atoms with Gasteiger partial charge in [0.15, 0.2) is 11.8 Å². The Kier molecular flexibility index (Phi) is 20.7. The first kappa shape index (κ1) is 47.6. The van der Waals surface area contributed by atoms with Crippen molar-refractivity contribution in [3.63, 3.8) is 0 Å². The van der Waals surface area contributed by atoms with Gasteiger partial charge in [-0.1, -0.05) is 71.1 Å². The molecule has 1 saturated carbocycles. The molecule has 1 fully saturated rings. The monoisotopic (exact) mass is 835 g/mol. The second-order valence-corrected chi connectivity index (χ2v) is 17.4. The van der Waals surface area contributed by atoms with Gasteiger partial charge >= 0.3 is 5.97 Å². The second-order valence-electron chi connectivity index (χ2n) is 15.2. The van der Waals surface area contributed by atoms with Gasteiger partial charge in [-0.15, -0.1) is 23.5 Å². The predicted molar refractivity (Wildman–Crippen MR) is 221 cm³/mol. The minimum atomic E-state index is -1.19. The lowest BCUT2D eigenvalue weighted by Gasteiger charge is -2.20. The number of nitrogens with zero attached hydrogens (tertiary/aromatic N) is 2. The van der Waals surface area contributed by atoms with Crippen molar-refractivity contribution in [2.45, 2.75) is 166 Å². The molecule has 0 saturated heterocycles. The van der Waals surface area contributed by atoms with Crippen LogP contribution in [0.5, 0.6) is 0 Å². The van der Waals surface area contributed by atoms with Crippen molar-refractivity contribution in [1.82, 2.24) is 21.3 Å². The van der Waals surface area contributed by atoms with Gasteiger partial charge in [0.05, 0.1) is 41.4 Å². The lowest BCUT2D eigenvalue weighted by molar-refractivity contribution is -0.138. The van der Waals surface area contributed by atoms with E-state index in [0.717, 1.165) is 19.3 Å². The number of primary amides is 1. The van der Waals surface area contributed by atoms with Gasteiger partial charge in [0.2, 0.25) is 29.5 Å². The molecular formula is C39H61N7O9S2. The maximum absolute atomic E-state index is 13.0. The van der Waals surface area contributed by atoms with Crippen molar-refractivity contribution in [2.24, 2.45) is 15.7 Å². The number of ketones is 2. The summed E-state index contributed by atoms with van der Waals surface area (Å²) in [6.07, 6.45) is 12.4. The van der Waals surface area contributed by atoms with E-state index in [0.29, 0.717) is 40.9 Å². The number of amides is 5. The summed E-state index contributed by atoms with van der Waals surface area (Å²) in [7, 11) is 0. The Labute approximate surface area is 343 Å². The number of carbonyl (C=O) groups excluding carboxylic acids is 7. The molecule has 57 heavy (non-hydrogen) atoms. The quantitative estimate of drug-likeness (QED) is 0.0453. The van der Waals surface area contributed by atoms with Crippen LogP contribution in [-0.2, 0) is 38.4 Å². The summed E-state index contributed by atoms with van der Waals surface area (Å²) in [6, 6.07) is -2.70. The molecule has 4 atom stereocenters. The van der Waals surface area contributed by atoms with Crippen molar-refractivity contribution in [3.8, 4) is 0 Å². The third-order valence-electron chi connectivity index (χ3n) is 10.0. The summed E-state index contributed by atoms with van der Waals surface area (Å²) in [6.45, 7) is 3.99. The van der Waals surface area contributed by atoms with E-state index < -0.39 is 77.7 Å². The molecule has 16 nitrogen and oxygen atoms in total. The largest absolute Gasteiger partial charge is 0.480 e. The highest BCUT2D eigenvalue weighted by atomic mass is 32.2. The second kappa shape index (κ2) is 24.9. The highest BCUT2D eigenvalue weighted by Gasteiger charge is 2.51. The number of hydrogen-bond donors (Lipinski definition) is 6. The van der Waals surface area contributed by atoms with Crippen molar-refractivity contribution in [2.75, 3.05) is 18.1 Å². The molecule has 1 aliphatic carbocycles. The van der Waals surface area contributed by atoms with Crippen LogP contribution in [-0.4, -0.2) is 110 Å². The number of carboxylic acid groups (broad SMARTS) is 1. The van der Waals surface area contributed by atoms with Crippen LogP contribution in [0.1, 0.15) is 136 Å². The normalized spacial score (nSPS) is 19.1. The van der Waals surface area contributed by atoms with E-state index in [1.807, 2.05) is 0 Å². The zero-order chi connectivity index (χ0) is 41.8. The minimum absolute atomic E-state index is 0.0428. The minimum Gasteiger partial charge on any atom is -0.480 e. The number of carbonyl (C=O) groups is 8. The van der Waals surface area contributed by atoms with Crippen molar-refractivity contribution < 1.29 is 43.5 Å². The molecule has 5 amide bonds. The Morgan fingerprint density at radius 2 is 1.46 bits per heavy atom. The topological polar surface area (TPSA) is 256 Å². The number of rotatable bonds is 30. The average Bonchev–Trinajstić information content (AvgIpc) is 3.51. The third kappa shape index (κ3) is 18.1. The molecule has 318 valence electrons. The van der Waals surface area contributed by atoms with Gasteiger partial charge in [-0.2, -0.15) is 0 Å². The first-order chi connectivity index (χ1) is 27.2. The average molecular weight is 836 g/mol. The molecule has 18 heteroatoms. The van der Waals surface area contributed by atoms with E-state index in [-0.39, 0.29) is 44.2 Å². The highest BCUT2D eigenvalue weighted by Crippen LogP contribution is 2.37. The van der Waals surface area contributed by atoms with Crippen LogP contribution in [0, 0.1) is 0 Å². The maximum atomic E-state index is 13.0. The molecule has 3 aliphatic rings. The van der Waals surface area contributed by atoms with E-state index in [2.05, 4.69) is 38.2 Å². The molecule has 0 radical (unpaired) electrons. The Hall–Kier alpha value is -3.80. The number of hydrogen-bond acceptors (Lipinski definition) is 12. The lowest BCUT2D eigenvalue weighted by atomic mass is 10.0. The molecule has 0 aromatic rings. The summed E-state index contributed by atoms with van der Waals surface area (Å²) >= 11 is 2.79. The Morgan fingerprint density at radius 3 is 2.05 bits per heavy atom. The molecule has 0 spiro atoms. The van der Waals surface area contributed by atoms with Crippen LogP contribution >= 0.6 is 23.5 Å². The SMILES string of the molecule is CCCCCCCCCCCCCC(=O)N[C@H](CC(N)=O)C(=O)N[C@@H](C)CCC(=O)CC(=O)NC1(C(=O)CC(=O)NCC2=NC(C3=NC(C(=O)O)CS3)CS2)CC1. The first-order valence-corrected chi connectivity index (χ1v) is 22.3. The van der Waals surface area contributed by atoms with Gasteiger partial charge in [0.25, 0.3) is 0 Å². The van der Waals surface area contributed by atoms with E-state index in [9.17, 15) is 38.4 Å². The molecule has 2 heterocycles. The standard InChI is InChI=1S/C39H61N7O9S2/c1-3-4-5-6-7-8-9-10-11-12-13-14-32(50)43-27(20-31(40)49)36(53)42-25(2)15-16-26(47)19-34(52)46-39(17-18-39)30(48)21-33(51)41-22-35-44-28(23-56-35)37-45-29(24-57-37)38(54)55/h25,27-29H,3-24H2,1-2H3,(H2,40,49)(H,41,51)(H,42,53)(H,43,50)(H,46,52)(H,54,55)/t25-,27+,28?,29?/m0/s1. The van der Waals surface area contributed by atoms with Gasteiger partial charge in [0, 0.05) is 30.4 Å². The van der Waals surface area contributed by atoms with Crippen LogP contribution in [0.15, 0.2) is 9.98 Å². The summed E-state index contributed by atoms with van der Waals surface area (Å²) in [5, 5.41) is 21.1. The lowest BCUT2D eigenvalue weighted by Crippen LogP contribution is -2.50. The highest BCUT2D eigenvalue weighted by molar-refractivity contribution is 8.16. The number of aliphatic carboxylic acids is 1. The van der Waals surface area contributed by atoms with Crippen molar-refractivity contribution in [1.29, 1.82) is 0 Å². The van der Waals surface area contributed by atoms with E-state index in [1.54, 1.807) is 6.92 Å². The summed E-state index contributed by atoms with van der Waals surface area (Å²) in [5.41, 5.74) is 4.15. The van der Waals surface area contributed by atoms with E-state index in [1.165, 1.54) is 68.5 Å². The van der Waals surface area contributed by atoms with Gasteiger partial charge in [0.1, 0.15) is 17.9 Å². The molecule has 0 bridgehead atoms.